The first-order valence-electron chi connectivity index (χ1n) is 3.71. The standard InChI is InChI=1S/C10H10O2/c11-7-3-6-10(12)8-9-4-1-2-5-9/h1-6,8,11H,7H2. The quantitative estimate of drug-likeness (QED) is 0.632. The van der Waals surface area contributed by atoms with Crippen LogP contribution in [0.3, 0.4) is 0 Å². The molecule has 0 amide bonds. The average Bonchev–Trinajstić information content (AvgIpc) is 2.53. The zero-order valence-corrected chi connectivity index (χ0v) is 6.60. The summed E-state index contributed by atoms with van der Waals surface area (Å²) in [6, 6.07) is 0. The van der Waals surface area contributed by atoms with Crippen LogP contribution in [0.25, 0.3) is 0 Å². The fourth-order valence-electron chi connectivity index (χ4n) is 0.866. The minimum absolute atomic E-state index is 0.0966. The van der Waals surface area contributed by atoms with Gasteiger partial charge in [-0.2, -0.15) is 0 Å². The van der Waals surface area contributed by atoms with Crippen LogP contribution in [0.5, 0.6) is 0 Å². The van der Waals surface area contributed by atoms with Crippen molar-refractivity contribution in [2.24, 2.45) is 0 Å². The first-order valence-corrected chi connectivity index (χ1v) is 3.71. The minimum atomic E-state index is -0.102. The molecule has 1 aliphatic carbocycles. The molecule has 0 bridgehead atoms. The number of rotatable bonds is 3. The first-order chi connectivity index (χ1) is 5.83. The molecule has 0 fully saturated rings. The van der Waals surface area contributed by atoms with Gasteiger partial charge in [-0.25, -0.2) is 0 Å². The molecular formula is C10H10O2. The number of allylic oxidation sites excluding steroid dienone is 7. The van der Waals surface area contributed by atoms with Gasteiger partial charge >= 0.3 is 0 Å². The topological polar surface area (TPSA) is 37.3 Å². The van der Waals surface area contributed by atoms with Crippen molar-refractivity contribution in [2.75, 3.05) is 6.61 Å². The van der Waals surface area contributed by atoms with Crippen molar-refractivity contribution in [1.82, 2.24) is 0 Å². The van der Waals surface area contributed by atoms with E-state index in [2.05, 4.69) is 0 Å². The molecule has 0 saturated heterocycles. The van der Waals surface area contributed by atoms with Gasteiger partial charge in [-0.3, -0.25) is 4.79 Å². The Morgan fingerprint density at radius 1 is 1.42 bits per heavy atom. The van der Waals surface area contributed by atoms with Crippen LogP contribution < -0.4 is 0 Å². The molecule has 0 aromatic heterocycles. The number of hydrogen-bond donors (Lipinski definition) is 1. The predicted octanol–water partition coefficient (Wildman–Crippen LogP) is 1.16. The first kappa shape index (κ1) is 8.68. The second-order valence-electron chi connectivity index (χ2n) is 2.35. The van der Waals surface area contributed by atoms with Crippen LogP contribution in [0.15, 0.2) is 48.1 Å². The largest absolute Gasteiger partial charge is 0.392 e. The Balaban J connectivity index is 2.55. The van der Waals surface area contributed by atoms with E-state index in [9.17, 15) is 4.79 Å². The van der Waals surface area contributed by atoms with E-state index in [0.717, 1.165) is 5.57 Å². The summed E-state index contributed by atoms with van der Waals surface area (Å²) in [4.78, 5) is 11.0. The Morgan fingerprint density at radius 2 is 2.08 bits per heavy atom. The lowest BCUT2D eigenvalue weighted by atomic mass is 10.2. The van der Waals surface area contributed by atoms with Crippen LogP contribution >= 0.6 is 0 Å². The molecule has 0 aromatic rings. The Labute approximate surface area is 71.2 Å². The van der Waals surface area contributed by atoms with Gasteiger partial charge in [0.05, 0.1) is 6.61 Å². The average molecular weight is 162 g/mol. The Bertz CT molecular complexity index is 266. The van der Waals surface area contributed by atoms with Gasteiger partial charge in [0.2, 0.25) is 0 Å². The molecular weight excluding hydrogens is 152 g/mol. The van der Waals surface area contributed by atoms with Crippen LogP contribution in [-0.4, -0.2) is 17.5 Å². The smallest absolute Gasteiger partial charge is 0.178 e. The normalized spacial score (nSPS) is 14.6. The number of hydrogen-bond acceptors (Lipinski definition) is 2. The molecule has 62 valence electrons. The Morgan fingerprint density at radius 3 is 2.67 bits per heavy atom. The van der Waals surface area contributed by atoms with Gasteiger partial charge in [-0.05, 0) is 17.7 Å². The molecule has 0 atom stereocenters. The molecule has 0 aromatic carbocycles. The van der Waals surface area contributed by atoms with Gasteiger partial charge in [-0.15, -0.1) is 0 Å². The monoisotopic (exact) mass is 162 g/mol. The van der Waals surface area contributed by atoms with E-state index in [1.54, 1.807) is 0 Å². The van der Waals surface area contributed by atoms with Gasteiger partial charge in [0.1, 0.15) is 0 Å². The van der Waals surface area contributed by atoms with E-state index in [0.29, 0.717) is 0 Å². The summed E-state index contributed by atoms with van der Waals surface area (Å²) >= 11 is 0. The van der Waals surface area contributed by atoms with Crippen LogP contribution in [0, 0.1) is 0 Å². The van der Waals surface area contributed by atoms with Gasteiger partial charge in [0.15, 0.2) is 5.78 Å². The molecule has 1 aliphatic rings. The maximum atomic E-state index is 11.0. The molecule has 0 unspecified atom stereocenters. The fraction of sp³-hybridized carbons (Fsp3) is 0.100. The van der Waals surface area contributed by atoms with Crippen molar-refractivity contribution in [2.45, 2.75) is 0 Å². The van der Waals surface area contributed by atoms with Crippen molar-refractivity contribution in [3.05, 3.63) is 48.1 Å². The van der Waals surface area contributed by atoms with E-state index < -0.39 is 0 Å². The molecule has 0 saturated carbocycles. The van der Waals surface area contributed by atoms with Crippen molar-refractivity contribution in [3.8, 4) is 0 Å². The lowest BCUT2D eigenvalue weighted by molar-refractivity contribution is -0.110. The highest BCUT2D eigenvalue weighted by atomic mass is 16.2. The maximum absolute atomic E-state index is 11.0. The van der Waals surface area contributed by atoms with E-state index in [1.165, 1.54) is 18.2 Å². The third-order valence-electron chi connectivity index (χ3n) is 1.38. The van der Waals surface area contributed by atoms with Crippen molar-refractivity contribution >= 4 is 5.78 Å². The third kappa shape index (κ3) is 2.68. The van der Waals surface area contributed by atoms with Crippen molar-refractivity contribution in [3.63, 3.8) is 0 Å². The fourth-order valence-corrected chi connectivity index (χ4v) is 0.866. The van der Waals surface area contributed by atoms with Crippen LogP contribution in [-0.2, 0) is 4.79 Å². The summed E-state index contributed by atoms with van der Waals surface area (Å²) < 4.78 is 0. The molecule has 0 spiro atoms. The molecule has 0 radical (unpaired) electrons. The van der Waals surface area contributed by atoms with Crippen LogP contribution in [0.4, 0.5) is 0 Å². The van der Waals surface area contributed by atoms with Gasteiger partial charge in [-0.1, -0.05) is 30.4 Å². The Kier molecular flexibility index (Phi) is 3.23. The minimum Gasteiger partial charge on any atom is -0.392 e. The highest BCUT2D eigenvalue weighted by Gasteiger charge is 1.94. The number of aliphatic hydroxyl groups excluding tert-OH is 1. The van der Waals surface area contributed by atoms with Crippen LogP contribution in [0.1, 0.15) is 0 Å². The summed E-state index contributed by atoms with van der Waals surface area (Å²) in [7, 11) is 0. The lowest BCUT2D eigenvalue weighted by Crippen LogP contribution is -1.87. The lowest BCUT2D eigenvalue weighted by Gasteiger charge is -1.86. The van der Waals surface area contributed by atoms with E-state index >= 15 is 0 Å². The molecule has 0 heterocycles. The second-order valence-corrected chi connectivity index (χ2v) is 2.35. The third-order valence-corrected chi connectivity index (χ3v) is 1.38. The van der Waals surface area contributed by atoms with Gasteiger partial charge in [0.25, 0.3) is 0 Å². The summed E-state index contributed by atoms with van der Waals surface area (Å²) in [5.74, 6) is -0.102. The van der Waals surface area contributed by atoms with E-state index in [4.69, 9.17) is 5.11 Å². The molecule has 12 heavy (non-hydrogen) atoms. The van der Waals surface area contributed by atoms with Crippen molar-refractivity contribution < 1.29 is 9.90 Å². The highest BCUT2D eigenvalue weighted by molar-refractivity contribution is 6.00. The molecule has 1 N–H and O–H groups in total. The number of aliphatic hydroxyl groups is 1. The summed E-state index contributed by atoms with van der Waals surface area (Å²) in [6.07, 6.45) is 11.7. The summed E-state index contributed by atoms with van der Waals surface area (Å²) in [5.41, 5.74) is 0.891. The number of carbonyl (C=O) groups excluding carboxylic acids is 1. The predicted molar refractivity (Wildman–Crippen MR) is 47.6 cm³/mol. The number of ketones is 1. The molecule has 1 rings (SSSR count). The SMILES string of the molecule is O=C(C=CCO)C=C1C=CC=C1. The van der Waals surface area contributed by atoms with E-state index in [1.807, 2.05) is 24.3 Å². The van der Waals surface area contributed by atoms with Crippen LogP contribution in [0.2, 0.25) is 0 Å². The maximum Gasteiger partial charge on any atom is 0.178 e. The zero-order valence-electron chi connectivity index (χ0n) is 6.60. The Hall–Kier alpha value is -1.41. The molecule has 2 heteroatoms. The number of carbonyl (C=O) groups is 1. The summed E-state index contributed by atoms with van der Waals surface area (Å²) in [5, 5.41) is 8.39. The summed E-state index contributed by atoms with van der Waals surface area (Å²) in [6.45, 7) is -0.0966. The van der Waals surface area contributed by atoms with Crippen molar-refractivity contribution in [1.29, 1.82) is 0 Å². The second kappa shape index (κ2) is 4.46. The molecule has 0 aliphatic heterocycles. The van der Waals surface area contributed by atoms with E-state index in [-0.39, 0.29) is 12.4 Å². The zero-order chi connectivity index (χ0) is 8.81. The van der Waals surface area contributed by atoms with Gasteiger partial charge < -0.3 is 5.11 Å². The highest BCUT2D eigenvalue weighted by Crippen LogP contribution is 2.06. The molecule has 2 nitrogen and oxygen atoms in total. The van der Waals surface area contributed by atoms with Gasteiger partial charge in [0, 0.05) is 0 Å².